The second-order valence-corrected chi connectivity index (χ2v) is 14.1. The van der Waals surface area contributed by atoms with Crippen LogP contribution in [0.15, 0.2) is 55.6 Å². The summed E-state index contributed by atoms with van der Waals surface area (Å²) in [5, 5.41) is 10.6. The number of unbranched alkanes of at least 4 members (excludes halogenated alkanes) is 2. The van der Waals surface area contributed by atoms with E-state index in [0.29, 0.717) is 32.6 Å². The van der Waals surface area contributed by atoms with Gasteiger partial charge < -0.3 is 19.8 Å². The number of halogens is 1. The molecule has 0 saturated carbocycles. The number of alkyl halides is 1. The van der Waals surface area contributed by atoms with Crippen LogP contribution in [0.5, 0.6) is 0 Å². The van der Waals surface area contributed by atoms with E-state index in [2.05, 4.69) is 36.0 Å². The largest absolute Gasteiger partial charge is 0.394 e. The van der Waals surface area contributed by atoms with E-state index < -0.39 is 28.7 Å². The zero-order valence-corrected chi connectivity index (χ0v) is 26.7. The van der Waals surface area contributed by atoms with Gasteiger partial charge in [0.15, 0.2) is 0 Å². The molecule has 1 N–H and O–H groups in total. The minimum atomic E-state index is -0.800. The van der Waals surface area contributed by atoms with E-state index >= 15 is 0 Å². The van der Waals surface area contributed by atoms with Gasteiger partial charge >= 0.3 is 0 Å². The topological polar surface area (TPSA) is 81.2 Å². The van der Waals surface area contributed by atoms with Crippen LogP contribution in [0.2, 0.25) is 0 Å². The van der Waals surface area contributed by atoms with E-state index in [1.54, 1.807) is 33.7 Å². The molecule has 9 heteroatoms. The zero-order valence-electron chi connectivity index (χ0n) is 24.3. The van der Waals surface area contributed by atoms with E-state index in [1.807, 2.05) is 42.2 Å². The second kappa shape index (κ2) is 13.9. The number of rotatable bonds is 15. The Hall–Kier alpha value is -2.10. The van der Waals surface area contributed by atoms with Crippen LogP contribution in [0.3, 0.4) is 0 Å². The Morgan fingerprint density at radius 1 is 1.10 bits per heavy atom. The summed E-state index contributed by atoms with van der Waals surface area (Å²) in [5.74, 6) is -1.57. The van der Waals surface area contributed by atoms with Crippen LogP contribution in [0.4, 0.5) is 0 Å². The first-order valence-electron chi connectivity index (χ1n) is 14.9. The van der Waals surface area contributed by atoms with Crippen LogP contribution < -0.4 is 0 Å². The van der Waals surface area contributed by atoms with E-state index in [9.17, 15) is 19.5 Å². The van der Waals surface area contributed by atoms with Crippen molar-refractivity contribution in [3.05, 3.63) is 61.2 Å². The van der Waals surface area contributed by atoms with Crippen molar-refractivity contribution in [1.82, 2.24) is 14.7 Å². The van der Waals surface area contributed by atoms with Crippen LogP contribution in [0, 0.1) is 11.8 Å². The van der Waals surface area contributed by atoms with Crippen LogP contribution in [0.25, 0.3) is 0 Å². The van der Waals surface area contributed by atoms with Gasteiger partial charge in [-0.3, -0.25) is 14.4 Å². The lowest BCUT2D eigenvalue weighted by Gasteiger charge is -2.40. The number of amides is 3. The highest BCUT2D eigenvalue weighted by atomic mass is 79.9. The van der Waals surface area contributed by atoms with Crippen molar-refractivity contribution in [2.45, 2.75) is 72.9 Å². The highest BCUT2D eigenvalue weighted by Gasteiger charge is 2.76. The van der Waals surface area contributed by atoms with Gasteiger partial charge in [-0.15, -0.1) is 24.9 Å². The fraction of sp³-hybridized carbons (Fsp3) is 0.594. The van der Waals surface area contributed by atoms with Crippen molar-refractivity contribution in [3.8, 4) is 0 Å². The van der Waals surface area contributed by atoms with Gasteiger partial charge in [0.2, 0.25) is 17.7 Å². The number of hydrogen-bond donors (Lipinski definition) is 1. The van der Waals surface area contributed by atoms with E-state index in [1.165, 1.54) is 0 Å². The average Bonchev–Trinajstić information content (AvgIpc) is 3.56. The quantitative estimate of drug-likeness (QED) is 0.168. The lowest BCUT2D eigenvalue weighted by Crippen LogP contribution is -2.56. The summed E-state index contributed by atoms with van der Waals surface area (Å²) in [7, 11) is 0. The minimum Gasteiger partial charge on any atom is -0.394 e. The zero-order chi connectivity index (χ0) is 29.7. The van der Waals surface area contributed by atoms with Gasteiger partial charge in [0.05, 0.1) is 29.2 Å². The maximum atomic E-state index is 14.7. The molecule has 4 rings (SSSR count). The van der Waals surface area contributed by atoms with Crippen LogP contribution in [-0.4, -0.2) is 91.2 Å². The summed E-state index contributed by atoms with van der Waals surface area (Å²) in [4.78, 5) is 48.7. The highest BCUT2D eigenvalue weighted by molar-refractivity contribution is 9.09. The van der Waals surface area contributed by atoms with Gasteiger partial charge in [0.1, 0.15) is 6.04 Å². The van der Waals surface area contributed by atoms with Crippen molar-refractivity contribution < 1.29 is 19.5 Å². The fourth-order valence-electron chi connectivity index (χ4n) is 7.10. The first-order chi connectivity index (χ1) is 19.8. The Bertz CT molecular complexity index is 1120. The number of carbonyl (C=O) groups excluding carboxylic acids is 3. The molecule has 3 fully saturated rings. The first kappa shape index (κ1) is 31.8. The van der Waals surface area contributed by atoms with Crippen molar-refractivity contribution in [2.75, 3.05) is 32.8 Å². The van der Waals surface area contributed by atoms with Gasteiger partial charge in [-0.2, -0.15) is 0 Å². The summed E-state index contributed by atoms with van der Waals surface area (Å²) in [6.07, 6.45) is 7.76. The maximum Gasteiger partial charge on any atom is 0.247 e. The van der Waals surface area contributed by atoms with Gasteiger partial charge in [0.25, 0.3) is 0 Å². The summed E-state index contributed by atoms with van der Waals surface area (Å²) in [6.45, 7) is 13.5. The Morgan fingerprint density at radius 3 is 2.34 bits per heavy atom. The fourth-order valence-corrected chi connectivity index (χ4v) is 10.7. The van der Waals surface area contributed by atoms with Crippen molar-refractivity contribution >= 4 is 45.4 Å². The normalized spacial score (nSPS) is 28.8. The summed E-state index contributed by atoms with van der Waals surface area (Å²) < 4.78 is -0.772. The molecule has 7 nitrogen and oxygen atoms in total. The molecule has 0 radical (unpaired) electrons. The Morgan fingerprint density at radius 2 is 1.76 bits per heavy atom. The van der Waals surface area contributed by atoms with E-state index in [-0.39, 0.29) is 34.4 Å². The van der Waals surface area contributed by atoms with Crippen molar-refractivity contribution in [1.29, 1.82) is 0 Å². The number of thioether (sulfide) groups is 1. The molecule has 1 aromatic rings. The van der Waals surface area contributed by atoms with Gasteiger partial charge in [-0.05, 0) is 24.8 Å². The molecule has 7 atom stereocenters. The molecule has 3 aliphatic heterocycles. The Labute approximate surface area is 257 Å². The number of nitrogens with zero attached hydrogens (tertiary/aromatic N) is 3. The van der Waals surface area contributed by atoms with Gasteiger partial charge in [0, 0.05) is 36.3 Å². The molecule has 3 unspecified atom stereocenters. The summed E-state index contributed by atoms with van der Waals surface area (Å²) in [6, 6.07) is 7.93. The number of aliphatic hydroxyl groups excluding tert-OH is 1. The lowest BCUT2D eigenvalue weighted by atomic mass is 9.70. The standard InChI is InChI=1S/C32H44BrN3O4S/c1-5-9-13-19-35(18-8-4)31(40)28-32-20-23(33)27(41-32)25(29(38)34(16-6-2)17-7-3)26(32)30(39)36(28)24(21-37)22-14-11-10-12-15-22/h6,8,10-12,14-15,23-28,37H,2,4-5,7,9,13,16-21H2,1,3H3/t23?,24-,25-,26+,27-,28?,32?/m1/s1. The smallest absolute Gasteiger partial charge is 0.247 e. The lowest BCUT2D eigenvalue weighted by molar-refractivity contribution is -0.147. The summed E-state index contributed by atoms with van der Waals surface area (Å²) in [5.41, 5.74) is 0.774. The molecule has 3 amide bonds. The van der Waals surface area contributed by atoms with Crippen LogP contribution in [0.1, 0.15) is 57.6 Å². The number of fused-ring (bicyclic) bond motifs is 1. The first-order valence-corrected chi connectivity index (χ1v) is 16.7. The van der Waals surface area contributed by atoms with E-state index in [4.69, 9.17) is 0 Å². The van der Waals surface area contributed by atoms with Crippen LogP contribution >= 0.6 is 27.7 Å². The molecule has 224 valence electrons. The Balaban J connectivity index is 1.83. The molecular formula is C32H44BrN3O4S. The van der Waals surface area contributed by atoms with Crippen molar-refractivity contribution in [2.24, 2.45) is 11.8 Å². The molecule has 3 saturated heterocycles. The SMILES string of the molecule is C=CCN(CCCCC)C(=O)C1N([C@H](CO)c2ccccc2)C(=O)[C@@H]2[C@@H](C(=O)N(CC=C)CCC)[C@@H]3SC12CC3Br. The minimum absolute atomic E-state index is 0.00907. The summed E-state index contributed by atoms with van der Waals surface area (Å²) >= 11 is 5.51. The van der Waals surface area contributed by atoms with E-state index in [0.717, 1.165) is 31.2 Å². The number of aliphatic hydroxyl groups is 1. The molecule has 2 bridgehead atoms. The number of benzene rings is 1. The third-order valence-corrected chi connectivity index (χ3v) is 12.0. The third-order valence-electron chi connectivity index (χ3n) is 8.79. The van der Waals surface area contributed by atoms with Gasteiger partial charge in [-0.25, -0.2) is 0 Å². The Kier molecular flexibility index (Phi) is 10.8. The monoisotopic (exact) mass is 645 g/mol. The highest BCUT2D eigenvalue weighted by Crippen LogP contribution is 2.68. The number of likely N-dealkylation sites (tertiary alicyclic amines) is 1. The number of hydrogen-bond acceptors (Lipinski definition) is 5. The predicted molar refractivity (Wildman–Crippen MR) is 169 cm³/mol. The molecular weight excluding hydrogens is 602 g/mol. The molecule has 1 aromatic carbocycles. The predicted octanol–water partition coefficient (Wildman–Crippen LogP) is 4.81. The molecule has 3 heterocycles. The molecule has 3 aliphatic rings. The molecule has 1 spiro atoms. The van der Waals surface area contributed by atoms with Gasteiger partial charge in [-0.1, -0.05) is 85.1 Å². The molecule has 41 heavy (non-hydrogen) atoms. The second-order valence-electron chi connectivity index (χ2n) is 11.4. The average molecular weight is 647 g/mol. The number of carbonyl (C=O) groups is 3. The van der Waals surface area contributed by atoms with Crippen molar-refractivity contribution in [3.63, 3.8) is 0 Å². The van der Waals surface area contributed by atoms with Crippen LogP contribution in [-0.2, 0) is 14.4 Å². The maximum absolute atomic E-state index is 14.7. The third kappa shape index (κ3) is 5.78. The molecule has 0 aromatic heterocycles. The molecule has 0 aliphatic carbocycles.